The van der Waals surface area contributed by atoms with Gasteiger partial charge in [-0.25, -0.2) is 19.9 Å². The van der Waals surface area contributed by atoms with E-state index in [4.69, 9.17) is 29.4 Å². The molecule has 43 heavy (non-hydrogen) atoms. The first kappa shape index (κ1) is 31.0. The number of aromatic nitrogens is 4. The van der Waals surface area contributed by atoms with Crippen LogP contribution in [0.5, 0.6) is 11.5 Å². The molecule has 2 aromatic heterocycles. The Morgan fingerprint density at radius 2 is 0.814 bits per heavy atom. The van der Waals surface area contributed by atoms with Crippen molar-refractivity contribution >= 4 is 56.1 Å². The van der Waals surface area contributed by atoms with Crippen LogP contribution < -0.4 is 9.47 Å². The quantitative estimate of drug-likeness (QED) is 0.0898. The molecule has 4 aromatic carbocycles. The van der Waals surface area contributed by atoms with Crippen molar-refractivity contribution in [1.29, 1.82) is 0 Å². The summed E-state index contributed by atoms with van der Waals surface area (Å²) in [5, 5.41) is 0. The molecule has 0 fully saturated rings. The molecular formula is C35H36N4O4. The minimum absolute atomic E-state index is 0.279. The van der Waals surface area contributed by atoms with Gasteiger partial charge in [0.15, 0.2) is 11.5 Å². The summed E-state index contributed by atoms with van der Waals surface area (Å²) in [5.41, 5.74) is 8.32. The molecule has 8 nitrogen and oxygen atoms in total. The maximum absolute atomic E-state index is 12.9. The van der Waals surface area contributed by atoms with Crippen molar-refractivity contribution in [2.75, 3.05) is 0 Å². The molecule has 220 valence electrons. The summed E-state index contributed by atoms with van der Waals surface area (Å²) in [5.74, 6) is -0.954. The lowest BCUT2D eigenvalue weighted by atomic mass is 10.1. The molecule has 6 rings (SSSR count). The molecule has 0 unspecified atom stereocenters. The molecule has 0 saturated heterocycles. The first-order valence-corrected chi connectivity index (χ1v) is 14.5. The van der Waals surface area contributed by atoms with Gasteiger partial charge >= 0.3 is 11.9 Å². The van der Waals surface area contributed by atoms with Gasteiger partial charge in [-0.2, -0.15) is 0 Å². The average Bonchev–Trinajstić information content (AvgIpc) is 3.02. The first-order valence-electron chi connectivity index (χ1n) is 14.5. The van der Waals surface area contributed by atoms with Crippen LogP contribution in [0, 0.1) is 27.7 Å². The Balaban J connectivity index is 0.00000102. The number of hydrogen-bond acceptors (Lipinski definition) is 8. The molecule has 0 aliphatic rings. The summed E-state index contributed by atoms with van der Waals surface area (Å²) in [7, 11) is 0. The number of benzene rings is 4. The highest BCUT2D eigenvalue weighted by Gasteiger charge is 2.22. The highest BCUT2D eigenvalue weighted by Crippen LogP contribution is 2.33. The van der Waals surface area contributed by atoms with Crippen LogP contribution in [0.1, 0.15) is 56.4 Å². The Labute approximate surface area is 251 Å². The zero-order valence-electron chi connectivity index (χ0n) is 25.9. The molecule has 0 saturated carbocycles. The van der Waals surface area contributed by atoms with Crippen LogP contribution in [0.4, 0.5) is 0 Å². The lowest BCUT2D eigenvalue weighted by Crippen LogP contribution is -2.19. The van der Waals surface area contributed by atoms with Crippen molar-refractivity contribution in [3.8, 4) is 11.5 Å². The van der Waals surface area contributed by atoms with Gasteiger partial charge in [-0.3, -0.25) is 9.59 Å². The number of hydrogen-bond donors (Lipinski definition) is 0. The largest absolute Gasteiger partial charge is 0.423 e. The SMILES string of the molecule is CC.CC.Cc1cc(C)c2nc3ccccc3nc2c1OC(=O)CC(=O)Oc1c(C)cc(C)c2nc3ccccc3nc12. The van der Waals surface area contributed by atoms with E-state index in [1.54, 1.807) is 0 Å². The Hall–Kier alpha value is -4.98. The van der Waals surface area contributed by atoms with Crippen LogP contribution in [-0.2, 0) is 9.59 Å². The summed E-state index contributed by atoms with van der Waals surface area (Å²) in [6, 6.07) is 18.8. The highest BCUT2D eigenvalue weighted by atomic mass is 16.6. The van der Waals surface area contributed by atoms with Crippen molar-refractivity contribution < 1.29 is 19.1 Å². The molecule has 6 aromatic rings. The molecule has 0 amide bonds. The van der Waals surface area contributed by atoms with Gasteiger partial charge in [0.1, 0.15) is 17.5 Å². The molecule has 0 atom stereocenters. The summed E-state index contributed by atoms with van der Waals surface area (Å²) >= 11 is 0. The predicted molar refractivity (Wildman–Crippen MR) is 172 cm³/mol. The van der Waals surface area contributed by atoms with Gasteiger partial charge in [-0.1, -0.05) is 64.1 Å². The summed E-state index contributed by atoms with van der Waals surface area (Å²) < 4.78 is 11.4. The predicted octanol–water partition coefficient (Wildman–Crippen LogP) is 8.07. The van der Waals surface area contributed by atoms with Crippen molar-refractivity contribution in [3.63, 3.8) is 0 Å². The van der Waals surface area contributed by atoms with E-state index in [0.29, 0.717) is 44.2 Å². The molecule has 0 radical (unpaired) electrons. The van der Waals surface area contributed by atoms with Crippen LogP contribution in [0.15, 0.2) is 60.7 Å². The summed E-state index contributed by atoms with van der Waals surface area (Å²) in [4.78, 5) is 44.7. The Bertz CT molecular complexity index is 1840. The van der Waals surface area contributed by atoms with Crippen LogP contribution in [-0.4, -0.2) is 31.9 Å². The first-order chi connectivity index (χ1) is 20.8. The number of rotatable bonds is 4. The Kier molecular flexibility index (Phi) is 9.60. The van der Waals surface area contributed by atoms with E-state index in [1.165, 1.54) is 0 Å². The smallest absolute Gasteiger partial charge is 0.322 e. The second kappa shape index (κ2) is 13.3. The van der Waals surface area contributed by atoms with E-state index in [2.05, 4.69) is 0 Å². The lowest BCUT2D eigenvalue weighted by molar-refractivity contribution is -0.144. The van der Waals surface area contributed by atoms with E-state index in [1.807, 2.05) is 116 Å². The van der Waals surface area contributed by atoms with E-state index >= 15 is 0 Å². The van der Waals surface area contributed by atoms with Crippen LogP contribution in [0.2, 0.25) is 0 Å². The highest BCUT2D eigenvalue weighted by molar-refractivity contribution is 5.99. The monoisotopic (exact) mass is 576 g/mol. The number of carbonyl (C=O) groups excluding carboxylic acids is 2. The molecule has 2 heterocycles. The zero-order valence-corrected chi connectivity index (χ0v) is 25.9. The Morgan fingerprint density at radius 3 is 1.14 bits per heavy atom. The average molecular weight is 577 g/mol. The topological polar surface area (TPSA) is 104 Å². The van der Waals surface area contributed by atoms with Gasteiger partial charge in [0.2, 0.25) is 0 Å². The minimum atomic E-state index is -0.756. The maximum atomic E-state index is 12.9. The number of esters is 2. The molecule has 8 heteroatoms. The standard InChI is InChI=1S/C31H24N4O4.2C2H6/c1-16-13-18(3)30(28-26(16)32-20-9-5-7-11-22(20)34-28)38-24(36)15-25(37)39-31-19(4)14-17(2)27-29(31)35-23-12-8-6-10-21(23)33-27;2*1-2/h5-14H,15H2,1-4H3;2*1-2H3. The van der Waals surface area contributed by atoms with Gasteiger partial charge in [0.05, 0.1) is 33.1 Å². The normalized spacial score (nSPS) is 10.6. The summed E-state index contributed by atoms with van der Waals surface area (Å²) in [6.45, 7) is 15.5. The lowest BCUT2D eigenvalue weighted by Gasteiger charge is -2.14. The van der Waals surface area contributed by atoms with Crippen molar-refractivity contribution in [2.45, 2.75) is 61.8 Å². The molecule has 0 spiro atoms. The number of aryl methyl sites for hydroxylation is 4. The second-order valence-corrected chi connectivity index (χ2v) is 9.62. The van der Waals surface area contributed by atoms with Gasteiger partial charge in [-0.15, -0.1) is 0 Å². The van der Waals surface area contributed by atoms with E-state index in [9.17, 15) is 9.59 Å². The summed E-state index contributed by atoms with van der Waals surface area (Å²) in [6.07, 6.45) is -0.592. The third-order valence-electron chi connectivity index (χ3n) is 6.62. The molecule has 0 bridgehead atoms. The third-order valence-corrected chi connectivity index (χ3v) is 6.62. The van der Waals surface area contributed by atoms with Crippen molar-refractivity contribution in [2.24, 2.45) is 0 Å². The number of ether oxygens (including phenoxy) is 2. The van der Waals surface area contributed by atoms with E-state index < -0.39 is 18.4 Å². The van der Waals surface area contributed by atoms with Gasteiger partial charge < -0.3 is 9.47 Å². The zero-order chi connectivity index (χ0) is 31.3. The Morgan fingerprint density at radius 1 is 0.512 bits per heavy atom. The van der Waals surface area contributed by atoms with E-state index in [-0.39, 0.29) is 11.5 Å². The van der Waals surface area contributed by atoms with Crippen LogP contribution >= 0.6 is 0 Å². The number of carbonyl (C=O) groups is 2. The number of fused-ring (bicyclic) bond motifs is 4. The van der Waals surface area contributed by atoms with Gasteiger partial charge in [0.25, 0.3) is 0 Å². The van der Waals surface area contributed by atoms with E-state index in [0.717, 1.165) is 22.2 Å². The number of para-hydroxylation sites is 4. The molecule has 0 N–H and O–H groups in total. The van der Waals surface area contributed by atoms with Gasteiger partial charge in [0, 0.05) is 0 Å². The van der Waals surface area contributed by atoms with Crippen LogP contribution in [0.25, 0.3) is 44.1 Å². The fraction of sp³-hybridized carbons (Fsp3) is 0.257. The fourth-order valence-electron chi connectivity index (χ4n) is 4.83. The number of nitrogens with zero attached hydrogens (tertiary/aromatic N) is 4. The minimum Gasteiger partial charge on any atom is -0.423 e. The second-order valence-electron chi connectivity index (χ2n) is 9.62. The van der Waals surface area contributed by atoms with Crippen molar-refractivity contribution in [1.82, 2.24) is 19.9 Å². The maximum Gasteiger partial charge on any atom is 0.322 e. The van der Waals surface area contributed by atoms with Crippen molar-refractivity contribution in [3.05, 3.63) is 82.9 Å². The molecular weight excluding hydrogens is 540 g/mol. The molecule has 0 aliphatic heterocycles. The fourth-order valence-corrected chi connectivity index (χ4v) is 4.83. The van der Waals surface area contributed by atoms with Crippen LogP contribution in [0.3, 0.4) is 0 Å². The third kappa shape index (κ3) is 6.28. The molecule has 0 aliphatic carbocycles. The van der Waals surface area contributed by atoms with Gasteiger partial charge in [-0.05, 0) is 74.2 Å².